The van der Waals surface area contributed by atoms with Gasteiger partial charge in [0.1, 0.15) is 9.84 Å². The molecule has 5 heteroatoms. The van der Waals surface area contributed by atoms with Gasteiger partial charge in [-0.2, -0.15) is 0 Å². The van der Waals surface area contributed by atoms with Gasteiger partial charge in [-0.1, -0.05) is 18.2 Å². The van der Waals surface area contributed by atoms with E-state index in [1.165, 1.54) is 22.7 Å². The van der Waals surface area contributed by atoms with Crippen molar-refractivity contribution >= 4 is 20.7 Å². The maximum absolute atomic E-state index is 11.2. The molecule has 0 saturated carbocycles. The highest BCUT2D eigenvalue weighted by Gasteiger charge is 2.09. The van der Waals surface area contributed by atoms with Gasteiger partial charge >= 0.3 is 0 Å². The van der Waals surface area contributed by atoms with E-state index in [1.54, 1.807) is 0 Å². The van der Waals surface area contributed by atoms with E-state index >= 15 is 0 Å². The van der Waals surface area contributed by atoms with Crippen LogP contribution >= 0.6 is 0 Å². The number of rotatable bonds is 6. The Morgan fingerprint density at radius 1 is 1.30 bits per heavy atom. The average Bonchev–Trinajstić information content (AvgIpc) is 2.71. The van der Waals surface area contributed by atoms with E-state index in [9.17, 15) is 8.42 Å². The zero-order valence-corrected chi connectivity index (χ0v) is 12.9. The van der Waals surface area contributed by atoms with E-state index in [1.807, 2.05) is 19.2 Å². The molecule has 1 aromatic carbocycles. The van der Waals surface area contributed by atoms with Gasteiger partial charge < -0.3 is 10.3 Å². The second-order valence-corrected chi connectivity index (χ2v) is 7.79. The Balaban J connectivity index is 2.25. The van der Waals surface area contributed by atoms with Gasteiger partial charge in [0.15, 0.2) is 0 Å². The molecule has 0 aliphatic carbocycles. The molecule has 2 rings (SSSR count). The molecular weight excluding hydrogens is 272 g/mol. The number of para-hydroxylation sites is 1. The Kier molecular flexibility index (Phi) is 4.50. The predicted octanol–water partition coefficient (Wildman–Crippen LogP) is 1.97. The molecule has 2 N–H and O–H groups in total. The van der Waals surface area contributed by atoms with Crippen molar-refractivity contribution in [3.05, 3.63) is 36.0 Å². The summed E-state index contributed by atoms with van der Waals surface area (Å²) in [4.78, 5) is 0. The molecule has 0 fully saturated rings. The molecule has 0 aliphatic rings. The Morgan fingerprint density at radius 2 is 2.05 bits per heavy atom. The number of fused-ring (bicyclic) bond motifs is 1. The molecule has 1 unspecified atom stereocenters. The summed E-state index contributed by atoms with van der Waals surface area (Å²) in [5.41, 5.74) is 8.31. The minimum Gasteiger partial charge on any atom is -0.347 e. The normalized spacial score (nSPS) is 13.8. The number of benzene rings is 1. The number of sulfone groups is 1. The van der Waals surface area contributed by atoms with Crippen LogP contribution in [0.15, 0.2) is 30.5 Å². The zero-order chi connectivity index (χ0) is 14.8. The molecule has 1 aromatic heterocycles. The number of nitrogens with two attached hydrogens (primary N) is 1. The molecular formula is C15H22N2O2S. The highest BCUT2D eigenvalue weighted by atomic mass is 32.2. The molecule has 0 aliphatic heterocycles. The first-order valence-electron chi connectivity index (χ1n) is 6.87. The van der Waals surface area contributed by atoms with Gasteiger partial charge in [0.05, 0.1) is 11.3 Å². The summed E-state index contributed by atoms with van der Waals surface area (Å²) < 4.78 is 24.6. The monoisotopic (exact) mass is 294 g/mol. The lowest BCUT2D eigenvalue weighted by Gasteiger charge is -2.11. The van der Waals surface area contributed by atoms with Gasteiger partial charge in [0.25, 0.3) is 0 Å². The molecule has 0 spiro atoms. The van der Waals surface area contributed by atoms with Crippen LogP contribution in [0.25, 0.3) is 10.9 Å². The summed E-state index contributed by atoms with van der Waals surface area (Å²) in [6.45, 7) is 2.71. The third kappa shape index (κ3) is 3.84. The van der Waals surface area contributed by atoms with Crippen molar-refractivity contribution in [3.8, 4) is 0 Å². The van der Waals surface area contributed by atoms with E-state index in [0.29, 0.717) is 13.0 Å². The van der Waals surface area contributed by atoms with Crippen molar-refractivity contribution in [2.75, 3.05) is 12.0 Å². The summed E-state index contributed by atoms with van der Waals surface area (Å²) in [6.07, 6.45) is 4.77. The third-order valence-corrected chi connectivity index (χ3v) is 4.36. The van der Waals surface area contributed by atoms with Crippen LogP contribution in [0.3, 0.4) is 0 Å². The second-order valence-electron chi connectivity index (χ2n) is 5.53. The minimum atomic E-state index is -2.89. The maximum atomic E-state index is 11.2. The Bertz CT molecular complexity index is 687. The summed E-state index contributed by atoms with van der Waals surface area (Å²) in [5, 5.41) is 1.18. The lowest BCUT2D eigenvalue weighted by atomic mass is 10.0. The van der Waals surface area contributed by atoms with Gasteiger partial charge in [0.2, 0.25) is 0 Å². The summed E-state index contributed by atoms with van der Waals surface area (Å²) in [5.74, 6) is 0.224. The van der Waals surface area contributed by atoms with E-state index in [0.717, 1.165) is 6.42 Å². The lowest BCUT2D eigenvalue weighted by molar-refractivity contribution is 0.593. The summed E-state index contributed by atoms with van der Waals surface area (Å²) in [6, 6.07) is 8.40. The Labute approximate surface area is 120 Å². The first kappa shape index (κ1) is 15.1. The summed E-state index contributed by atoms with van der Waals surface area (Å²) in [7, 11) is -2.89. The number of aromatic nitrogens is 1. The zero-order valence-electron chi connectivity index (χ0n) is 12.0. The van der Waals surface area contributed by atoms with Crippen LogP contribution in [0.1, 0.15) is 18.9 Å². The molecule has 0 amide bonds. The predicted molar refractivity (Wildman–Crippen MR) is 83.6 cm³/mol. The Morgan fingerprint density at radius 3 is 2.70 bits per heavy atom. The van der Waals surface area contributed by atoms with Gasteiger partial charge in [-0.3, -0.25) is 0 Å². The molecule has 0 saturated heterocycles. The molecule has 1 heterocycles. The fraction of sp³-hybridized carbons (Fsp3) is 0.467. The highest BCUT2D eigenvalue weighted by molar-refractivity contribution is 7.90. The minimum absolute atomic E-state index is 0.111. The quantitative estimate of drug-likeness (QED) is 0.886. The largest absolute Gasteiger partial charge is 0.347 e. The standard InChI is InChI=1S/C15H22N2O2S/c1-12(16)11-14-6-3-5-13-7-9-17(15(13)14)8-4-10-20(2,18)19/h3,5-7,9,12H,4,8,10-11,16H2,1-2H3. The fourth-order valence-electron chi connectivity index (χ4n) is 2.54. The first-order chi connectivity index (χ1) is 9.37. The average molecular weight is 294 g/mol. The topological polar surface area (TPSA) is 65.1 Å². The third-order valence-electron chi connectivity index (χ3n) is 3.33. The van der Waals surface area contributed by atoms with E-state index < -0.39 is 9.84 Å². The van der Waals surface area contributed by atoms with E-state index in [2.05, 4.69) is 22.8 Å². The van der Waals surface area contributed by atoms with Crippen LogP contribution in [0.2, 0.25) is 0 Å². The van der Waals surface area contributed by atoms with Crippen molar-refractivity contribution in [1.29, 1.82) is 0 Å². The van der Waals surface area contributed by atoms with Crippen molar-refractivity contribution in [3.63, 3.8) is 0 Å². The lowest BCUT2D eigenvalue weighted by Crippen LogP contribution is -2.18. The number of hydrogen-bond donors (Lipinski definition) is 1. The van der Waals surface area contributed by atoms with Crippen molar-refractivity contribution < 1.29 is 8.42 Å². The molecule has 1 atom stereocenters. The van der Waals surface area contributed by atoms with E-state index in [4.69, 9.17) is 5.73 Å². The molecule has 0 bridgehead atoms. The number of aryl methyl sites for hydroxylation is 1. The van der Waals surface area contributed by atoms with Gasteiger partial charge in [0, 0.05) is 25.0 Å². The number of nitrogens with zero attached hydrogens (tertiary/aromatic N) is 1. The van der Waals surface area contributed by atoms with Crippen molar-refractivity contribution in [2.24, 2.45) is 5.73 Å². The highest BCUT2D eigenvalue weighted by Crippen LogP contribution is 2.22. The van der Waals surface area contributed by atoms with Gasteiger partial charge in [-0.25, -0.2) is 8.42 Å². The summed E-state index contributed by atoms with van der Waals surface area (Å²) >= 11 is 0. The van der Waals surface area contributed by atoms with Gasteiger partial charge in [-0.05, 0) is 36.8 Å². The van der Waals surface area contributed by atoms with Crippen molar-refractivity contribution in [2.45, 2.75) is 32.4 Å². The SMILES string of the molecule is CC(N)Cc1cccc2ccn(CCCS(C)(=O)=O)c12. The first-order valence-corrected chi connectivity index (χ1v) is 8.93. The fourth-order valence-corrected chi connectivity index (χ4v) is 3.19. The van der Waals surface area contributed by atoms with Crippen LogP contribution in [0.4, 0.5) is 0 Å². The van der Waals surface area contributed by atoms with Crippen molar-refractivity contribution in [1.82, 2.24) is 4.57 Å². The number of hydrogen-bond acceptors (Lipinski definition) is 3. The smallest absolute Gasteiger partial charge is 0.147 e. The van der Waals surface area contributed by atoms with Crippen LogP contribution in [0, 0.1) is 0 Å². The molecule has 0 radical (unpaired) electrons. The van der Waals surface area contributed by atoms with E-state index in [-0.39, 0.29) is 11.8 Å². The maximum Gasteiger partial charge on any atom is 0.147 e. The van der Waals surface area contributed by atoms with Crippen LogP contribution < -0.4 is 5.73 Å². The second kappa shape index (κ2) is 5.97. The van der Waals surface area contributed by atoms with Crippen LogP contribution in [0.5, 0.6) is 0 Å². The molecule has 20 heavy (non-hydrogen) atoms. The molecule has 2 aromatic rings. The van der Waals surface area contributed by atoms with Gasteiger partial charge in [-0.15, -0.1) is 0 Å². The molecule has 4 nitrogen and oxygen atoms in total. The van der Waals surface area contributed by atoms with Crippen LogP contribution in [-0.2, 0) is 22.8 Å². The van der Waals surface area contributed by atoms with Crippen LogP contribution in [-0.4, -0.2) is 31.0 Å². The Hall–Kier alpha value is -1.33. The molecule has 110 valence electrons.